The van der Waals surface area contributed by atoms with Gasteiger partial charge in [-0.3, -0.25) is 4.99 Å². The molecule has 1 aliphatic rings. The summed E-state index contributed by atoms with van der Waals surface area (Å²) < 4.78 is 0. The number of fused-ring (bicyclic) bond motifs is 1. The minimum Gasteiger partial charge on any atom is -0.284 e. The van der Waals surface area contributed by atoms with Crippen LogP contribution in [0.25, 0.3) is 16.8 Å². The van der Waals surface area contributed by atoms with E-state index < -0.39 is 0 Å². The predicted molar refractivity (Wildman–Crippen MR) is 94.4 cm³/mol. The van der Waals surface area contributed by atoms with Crippen molar-refractivity contribution >= 4 is 22.6 Å². The quantitative estimate of drug-likeness (QED) is 0.619. The highest BCUT2D eigenvalue weighted by atomic mass is 14.8. The SMILES string of the molecule is C(=C1\CCN=C1c1ccccc1)/c1ccc2ccccc2c1. The van der Waals surface area contributed by atoms with Gasteiger partial charge < -0.3 is 0 Å². The molecule has 4 rings (SSSR count). The third-order valence-electron chi connectivity index (χ3n) is 4.12. The molecule has 3 aromatic rings. The van der Waals surface area contributed by atoms with Gasteiger partial charge in [-0.2, -0.15) is 0 Å². The molecule has 0 unspecified atom stereocenters. The van der Waals surface area contributed by atoms with Gasteiger partial charge in [0.25, 0.3) is 0 Å². The molecule has 0 amide bonds. The molecule has 1 heterocycles. The molecule has 106 valence electrons. The van der Waals surface area contributed by atoms with Crippen LogP contribution in [0.15, 0.2) is 83.4 Å². The first-order chi connectivity index (χ1) is 10.9. The Kier molecular flexibility index (Phi) is 3.32. The van der Waals surface area contributed by atoms with Gasteiger partial charge in [0.1, 0.15) is 0 Å². The molecule has 0 fully saturated rings. The number of hydrogen-bond donors (Lipinski definition) is 0. The fraction of sp³-hybridized carbons (Fsp3) is 0.0952. The molecule has 0 bridgehead atoms. The smallest absolute Gasteiger partial charge is 0.0679 e. The summed E-state index contributed by atoms with van der Waals surface area (Å²) in [5, 5.41) is 2.57. The van der Waals surface area contributed by atoms with Gasteiger partial charge in [0, 0.05) is 6.54 Å². The molecule has 1 heteroatoms. The third kappa shape index (κ3) is 2.46. The topological polar surface area (TPSA) is 12.4 Å². The van der Waals surface area contributed by atoms with Crippen molar-refractivity contribution in [1.29, 1.82) is 0 Å². The van der Waals surface area contributed by atoms with Crippen LogP contribution in [-0.4, -0.2) is 12.3 Å². The van der Waals surface area contributed by atoms with Crippen molar-refractivity contribution in [3.05, 3.63) is 89.5 Å². The maximum absolute atomic E-state index is 4.69. The second kappa shape index (κ2) is 5.61. The van der Waals surface area contributed by atoms with Crippen molar-refractivity contribution in [1.82, 2.24) is 0 Å². The fourth-order valence-corrected chi connectivity index (χ4v) is 3.02. The third-order valence-corrected chi connectivity index (χ3v) is 4.12. The van der Waals surface area contributed by atoms with Crippen LogP contribution < -0.4 is 0 Å². The first-order valence-corrected chi connectivity index (χ1v) is 7.70. The van der Waals surface area contributed by atoms with E-state index in [1.807, 2.05) is 6.07 Å². The van der Waals surface area contributed by atoms with Crippen molar-refractivity contribution in [3.63, 3.8) is 0 Å². The van der Waals surface area contributed by atoms with Crippen LogP contribution in [-0.2, 0) is 0 Å². The highest BCUT2D eigenvalue weighted by Crippen LogP contribution is 2.23. The van der Waals surface area contributed by atoms with E-state index in [1.165, 1.54) is 27.5 Å². The Morgan fingerprint density at radius 3 is 2.41 bits per heavy atom. The summed E-state index contributed by atoms with van der Waals surface area (Å²) >= 11 is 0. The molecule has 3 aromatic carbocycles. The van der Waals surface area contributed by atoms with Crippen molar-refractivity contribution in [2.24, 2.45) is 4.99 Å². The maximum atomic E-state index is 4.69. The summed E-state index contributed by atoms with van der Waals surface area (Å²) in [7, 11) is 0. The first kappa shape index (κ1) is 13.0. The zero-order chi connectivity index (χ0) is 14.8. The molecule has 0 radical (unpaired) electrons. The lowest BCUT2D eigenvalue weighted by Gasteiger charge is -2.05. The summed E-state index contributed by atoms with van der Waals surface area (Å²) in [6.07, 6.45) is 3.31. The van der Waals surface area contributed by atoms with Crippen molar-refractivity contribution in [2.45, 2.75) is 6.42 Å². The lowest BCUT2D eigenvalue weighted by Crippen LogP contribution is -1.99. The second-order valence-electron chi connectivity index (χ2n) is 5.62. The molecule has 0 atom stereocenters. The summed E-state index contributed by atoms with van der Waals surface area (Å²) in [5.74, 6) is 0. The number of nitrogens with zero attached hydrogens (tertiary/aromatic N) is 1. The monoisotopic (exact) mass is 283 g/mol. The molecular weight excluding hydrogens is 266 g/mol. The Morgan fingerprint density at radius 2 is 1.55 bits per heavy atom. The molecule has 0 saturated carbocycles. The van der Waals surface area contributed by atoms with Crippen LogP contribution in [0.3, 0.4) is 0 Å². The Hall–Kier alpha value is -2.67. The molecule has 22 heavy (non-hydrogen) atoms. The highest BCUT2D eigenvalue weighted by molar-refractivity contribution is 6.16. The largest absolute Gasteiger partial charge is 0.284 e. The lowest BCUT2D eigenvalue weighted by molar-refractivity contribution is 1.05. The second-order valence-corrected chi connectivity index (χ2v) is 5.62. The lowest BCUT2D eigenvalue weighted by atomic mass is 9.99. The summed E-state index contributed by atoms with van der Waals surface area (Å²) in [5.41, 5.74) is 4.95. The molecule has 1 nitrogen and oxygen atoms in total. The van der Waals surface area contributed by atoms with Crippen LogP contribution in [0, 0.1) is 0 Å². The molecule has 0 spiro atoms. The van der Waals surface area contributed by atoms with E-state index in [-0.39, 0.29) is 0 Å². The van der Waals surface area contributed by atoms with Gasteiger partial charge in [-0.15, -0.1) is 0 Å². The average molecular weight is 283 g/mol. The van der Waals surface area contributed by atoms with E-state index in [0.29, 0.717) is 0 Å². The van der Waals surface area contributed by atoms with E-state index in [2.05, 4.69) is 72.8 Å². The molecule has 0 N–H and O–H groups in total. The van der Waals surface area contributed by atoms with Crippen LogP contribution >= 0.6 is 0 Å². The number of benzene rings is 3. The standard InChI is InChI=1S/C21H17N/c1-2-7-18(8-3-1)21-20(12-13-22-21)15-16-10-11-17-6-4-5-9-19(17)14-16/h1-11,14-15H,12-13H2/b20-15-. The van der Waals surface area contributed by atoms with E-state index >= 15 is 0 Å². The van der Waals surface area contributed by atoms with Gasteiger partial charge in [-0.25, -0.2) is 0 Å². The maximum Gasteiger partial charge on any atom is 0.0679 e. The van der Waals surface area contributed by atoms with Crippen LogP contribution in [0.2, 0.25) is 0 Å². The fourth-order valence-electron chi connectivity index (χ4n) is 3.02. The average Bonchev–Trinajstić information content (AvgIpc) is 3.04. The molecule has 0 aromatic heterocycles. The first-order valence-electron chi connectivity index (χ1n) is 7.70. The van der Waals surface area contributed by atoms with Gasteiger partial charge in [-0.05, 0) is 46.0 Å². The van der Waals surface area contributed by atoms with Crippen LogP contribution in [0.4, 0.5) is 0 Å². The van der Waals surface area contributed by atoms with Gasteiger partial charge >= 0.3 is 0 Å². The van der Waals surface area contributed by atoms with E-state index in [9.17, 15) is 0 Å². The van der Waals surface area contributed by atoms with Crippen molar-refractivity contribution in [2.75, 3.05) is 6.54 Å². The Morgan fingerprint density at radius 1 is 0.773 bits per heavy atom. The number of aliphatic imine (C=N–C) groups is 1. The summed E-state index contributed by atoms with van der Waals surface area (Å²) in [4.78, 5) is 4.69. The summed E-state index contributed by atoms with van der Waals surface area (Å²) in [6, 6.07) is 25.6. The van der Waals surface area contributed by atoms with Gasteiger partial charge in [0.15, 0.2) is 0 Å². The predicted octanol–water partition coefficient (Wildman–Crippen LogP) is 5.12. The van der Waals surface area contributed by atoms with Crippen LogP contribution in [0.5, 0.6) is 0 Å². The Labute approximate surface area is 130 Å². The summed E-state index contributed by atoms with van der Waals surface area (Å²) in [6.45, 7) is 0.893. The minimum absolute atomic E-state index is 0.893. The van der Waals surface area contributed by atoms with E-state index in [4.69, 9.17) is 4.99 Å². The van der Waals surface area contributed by atoms with Crippen LogP contribution in [0.1, 0.15) is 17.5 Å². The normalized spacial score (nSPS) is 16.2. The van der Waals surface area contributed by atoms with Gasteiger partial charge in [-0.1, -0.05) is 66.7 Å². The highest BCUT2D eigenvalue weighted by Gasteiger charge is 2.14. The molecule has 0 aliphatic carbocycles. The van der Waals surface area contributed by atoms with Crippen molar-refractivity contribution < 1.29 is 0 Å². The Bertz CT molecular complexity index is 873. The van der Waals surface area contributed by atoms with E-state index in [1.54, 1.807) is 0 Å². The molecule has 1 aliphatic heterocycles. The minimum atomic E-state index is 0.893. The van der Waals surface area contributed by atoms with E-state index in [0.717, 1.165) is 18.7 Å². The number of rotatable bonds is 2. The van der Waals surface area contributed by atoms with Gasteiger partial charge in [0.2, 0.25) is 0 Å². The number of hydrogen-bond acceptors (Lipinski definition) is 1. The zero-order valence-corrected chi connectivity index (χ0v) is 12.4. The molecule has 0 saturated heterocycles. The van der Waals surface area contributed by atoms with Gasteiger partial charge in [0.05, 0.1) is 5.71 Å². The van der Waals surface area contributed by atoms with Crippen molar-refractivity contribution in [3.8, 4) is 0 Å². The Balaban J connectivity index is 1.73. The molecular formula is C21H17N. The zero-order valence-electron chi connectivity index (χ0n) is 12.4.